The number of nitrogens with one attached hydrogen (secondary N) is 1. The number of benzene rings is 1. The van der Waals surface area contributed by atoms with Crippen LogP contribution in [0.3, 0.4) is 0 Å². The second-order valence-corrected chi connectivity index (χ2v) is 4.58. The van der Waals surface area contributed by atoms with Gasteiger partial charge in [0.2, 0.25) is 0 Å². The van der Waals surface area contributed by atoms with Gasteiger partial charge in [0.25, 0.3) is 5.91 Å². The summed E-state index contributed by atoms with van der Waals surface area (Å²) in [5, 5.41) is 2.93. The number of amides is 1. The van der Waals surface area contributed by atoms with Crippen molar-refractivity contribution in [3.63, 3.8) is 0 Å². The van der Waals surface area contributed by atoms with Gasteiger partial charge in [-0.1, -0.05) is 0 Å². The first kappa shape index (κ1) is 13.8. The van der Waals surface area contributed by atoms with Crippen LogP contribution in [0.4, 0.5) is 0 Å². The third-order valence-corrected chi connectivity index (χ3v) is 3.30. The molecule has 1 aliphatic rings. The molecule has 1 aliphatic heterocycles. The maximum atomic E-state index is 12.2. The maximum Gasteiger partial charge on any atom is 0.251 e. The molecule has 1 heterocycles. The zero-order valence-corrected chi connectivity index (χ0v) is 11.4. The van der Waals surface area contributed by atoms with Crippen LogP contribution in [0.15, 0.2) is 18.2 Å². The number of ether oxygens (including phenoxy) is 3. The lowest BCUT2D eigenvalue weighted by molar-refractivity contribution is 0.0685. The number of carbonyl (C=O) groups excluding carboxylic acids is 1. The van der Waals surface area contributed by atoms with Gasteiger partial charge >= 0.3 is 0 Å². The second kappa shape index (κ2) is 6.04. The Balaban J connectivity index is 2.05. The topological polar surface area (TPSA) is 56.8 Å². The zero-order chi connectivity index (χ0) is 13.8. The summed E-state index contributed by atoms with van der Waals surface area (Å²) in [4.78, 5) is 12.2. The number of aryl methyl sites for hydroxylation is 1. The van der Waals surface area contributed by atoms with Gasteiger partial charge in [-0.3, -0.25) is 4.79 Å². The van der Waals surface area contributed by atoms with Crippen molar-refractivity contribution < 1.29 is 19.0 Å². The van der Waals surface area contributed by atoms with Gasteiger partial charge < -0.3 is 19.5 Å². The first-order valence-electron chi connectivity index (χ1n) is 6.21. The summed E-state index contributed by atoms with van der Waals surface area (Å²) in [7, 11) is 3.23. The summed E-state index contributed by atoms with van der Waals surface area (Å²) in [6.07, 6.45) is -0.0803. The maximum absolute atomic E-state index is 12.2. The summed E-state index contributed by atoms with van der Waals surface area (Å²) in [5.74, 6) is 0.652. The van der Waals surface area contributed by atoms with Crippen molar-refractivity contribution in [1.29, 1.82) is 0 Å². The van der Waals surface area contributed by atoms with E-state index in [1.807, 2.05) is 13.0 Å². The minimum atomic E-state index is -0.122. The molecular weight excluding hydrogens is 246 g/mol. The molecule has 0 radical (unpaired) electrons. The highest BCUT2D eigenvalue weighted by Crippen LogP contribution is 2.19. The Morgan fingerprint density at radius 3 is 2.79 bits per heavy atom. The van der Waals surface area contributed by atoms with E-state index in [1.165, 1.54) is 0 Å². The van der Waals surface area contributed by atoms with Gasteiger partial charge in [-0.2, -0.15) is 0 Å². The molecule has 1 N–H and O–H groups in total. The van der Waals surface area contributed by atoms with Gasteiger partial charge in [-0.05, 0) is 30.7 Å². The average Bonchev–Trinajstić information content (AvgIpc) is 2.85. The lowest BCUT2D eigenvalue weighted by atomic mass is 10.1. The van der Waals surface area contributed by atoms with Crippen molar-refractivity contribution in [3.05, 3.63) is 29.3 Å². The zero-order valence-electron chi connectivity index (χ0n) is 11.4. The van der Waals surface area contributed by atoms with Crippen molar-refractivity contribution in [2.24, 2.45) is 0 Å². The van der Waals surface area contributed by atoms with E-state index in [1.54, 1.807) is 26.4 Å². The number of methoxy groups -OCH3 is 2. The van der Waals surface area contributed by atoms with Gasteiger partial charge in [-0.15, -0.1) is 0 Å². The third-order valence-electron chi connectivity index (χ3n) is 3.30. The Kier molecular flexibility index (Phi) is 4.39. The summed E-state index contributed by atoms with van der Waals surface area (Å²) in [6, 6.07) is 5.26. The van der Waals surface area contributed by atoms with Crippen molar-refractivity contribution in [3.8, 4) is 5.75 Å². The van der Waals surface area contributed by atoms with Crippen molar-refractivity contribution >= 4 is 5.91 Å². The molecule has 1 aromatic rings. The van der Waals surface area contributed by atoms with E-state index in [9.17, 15) is 4.79 Å². The molecule has 0 spiro atoms. The van der Waals surface area contributed by atoms with Crippen LogP contribution < -0.4 is 10.1 Å². The van der Waals surface area contributed by atoms with E-state index in [-0.39, 0.29) is 18.1 Å². The first-order chi connectivity index (χ1) is 9.15. The van der Waals surface area contributed by atoms with Gasteiger partial charge in [0.15, 0.2) is 0 Å². The predicted molar refractivity (Wildman–Crippen MR) is 70.6 cm³/mol. The fraction of sp³-hybridized carbons (Fsp3) is 0.500. The van der Waals surface area contributed by atoms with Crippen molar-refractivity contribution in [2.45, 2.75) is 19.1 Å². The van der Waals surface area contributed by atoms with Crippen LogP contribution >= 0.6 is 0 Å². The lowest BCUT2D eigenvalue weighted by Crippen LogP contribution is -2.43. The fourth-order valence-electron chi connectivity index (χ4n) is 2.17. The van der Waals surface area contributed by atoms with Crippen LogP contribution in [-0.2, 0) is 9.47 Å². The Morgan fingerprint density at radius 1 is 1.37 bits per heavy atom. The quantitative estimate of drug-likeness (QED) is 0.887. The number of rotatable bonds is 4. The minimum absolute atomic E-state index is 0.0803. The molecule has 0 aromatic heterocycles. The second-order valence-electron chi connectivity index (χ2n) is 4.58. The molecule has 1 aromatic carbocycles. The van der Waals surface area contributed by atoms with Crippen LogP contribution in [0.25, 0.3) is 0 Å². The summed E-state index contributed by atoms with van der Waals surface area (Å²) < 4.78 is 15.7. The fourth-order valence-corrected chi connectivity index (χ4v) is 2.17. The molecule has 1 fully saturated rings. The molecule has 104 valence electrons. The van der Waals surface area contributed by atoms with E-state index < -0.39 is 0 Å². The van der Waals surface area contributed by atoms with Crippen LogP contribution in [0.5, 0.6) is 5.75 Å². The van der Waals surface area contributed by atoms with Gasteiger partial charge in [0, 0.05) is 12.7 Å². The normalized spacial score (nSPS) is 22.3. The largest absolute Gasteiger partial charge is 0.496 e. The number of carbonyl (C=O) groups is 1. The molecule has 1 saturated heterocycles. The molecule has 0 aliphatic carbocycles. The molecule has 1 amide bonds. The Bertz CT molecular complexity index is 461. The van der Waals surface area contributed by atoms with Crippen molar-refractivity contribution in [2.75, 3.05) is 27.4 Å². The van der Waals surface area contributed by atoms with Gasteiger partial charge in [-0.25, -0.2) is 0 Å². The summed E-state index contributed by atoms with van der Waals surface area (Å²) in [5.41, 5.74) is 1.54. The molecule has 0 bridgehead atoms. The van der Waals surface area contributed by atoms with Crippen LogP contribution in [0, 0.1) is 6.92 Å². The first-order valence-corrected chi connectivity index (χ1v) is 6.21. The van der Waals surface area contributed by atoms with Crippen LogP contribution in [0.2, 0.25) is 0 Å². The van der Waals surface area contributed by atoms with Crippen LogP contribution in [0.1, 0.15) is 15.9 Å². The Hall–Kier alpha value is -1.59. The highest BCUT2D eigenvalue weighted by atomic mass is 16.5. The molecular formula is C14H19NO4. The van der Waals surface area contributed by atoms with Gasteiger partial charge in [0.1, 0.15) is 11.9 Å². The molecule has 2 rings (SSSR count). The van der Waals surface area contributed by atoms with Gasteiger partial charge in [0.05, 0.1) is 26.4 Å². The minimum Gasteiger partial charge on any atom is -0.496 e. The molecule has 19 heavy (non-hydrogen) atoms. The smallest absolute Gasteiger partial charge is 0.251 e. The van der Waals surface area contributed by atoms with E-state index >= 15 is 0 Å². The third kappa shape index (κ3) is 3.05. The summed E-state index contributed by atoms with van der Waals surface area (Å²) in [6.45, 7) is 2.91. The van der Waals surface area contributed by atoms with E-state index in [2.05, 4.69) is 5.32 Å². The van der Waals surface area contributed by atoms with E-state index in [0.717, 1.165) is 11.3 Å². The predicted octanol–water partition coefficient (Wildman–Crippen LogP) is 1.15. The lowest BCUT2D eigenvalue weighted by Gasteiger charge is -2.18. The number of hydrogen-bond acceptors (Lipinski definition) is 4. The van der Waals surface area contributed by atoms with E-state index in [0.29, 0.717) is 18.8 Å². The average molecular weight is 265 g/mol. The molecule has 0 unspecified atom stereocenters. The standard InChI is InChI=1S/C14H19NO4/c1-9-6-10(4-5-12(9)17-2)14(16)15-11-7-19-8-13(11)18-3/h4-6,11,13H,7-8H2,1-3H3,(H,15,16)/t11-,13-/m0/s1. The molecule has 0 saturated carbocycles. The highest BCUT2D eigenvalue weighted by Gasteiger charge is 2.29. The number of hydrogen-bond donors (Lipinski definition) is 1. The highest BCUT2D eigenvalue weighted by molar-refractivity contribution is 5.94. The van der Waals surface area contributed by atoms with E-state index in [4.69, 9.17) is 14.2 Å². The molecule has 5 nitrogen and oxygen atoms in total. The molecule has 5 heteroatoms. The SMILES string of the molecule is COc1ccc(C(=O)N[C@H]2COC[C@@H]2OC)cc1C. The Labute approximate surface area is 112 Å². The van der Waals surface area contributed by atoms with Crippen LogP contribution in [-0.4, -0.2) is 45.5 Å². The molecule has 2 atom stereocenters. The monoisotopic (exact) mass is 265 g/mol. The summed E-state index contributed by atoms with van der Waals surface area (Å²) >= 11 is 0. The van der Waals surface area contributed by atoms with Crippen molar-refractivity contribution in [1.82, 2.24) is 5.32 Å². The Morgan fingerprint density at radius 2 is 2.16 bits per heavy atom.